The number of nitrogens with zero attached hydrogens (tertiary/aromatic N) is 1. The van der Waals surface area contributed by atoms with E-state index in [1.165, 1.54) is 7.11 Å². The quantitative estimate of drug-likeness (QED) is 0.666. The second-order valence-corrected chi connectivity index (χ2v) is 9.10. The number of anilines is 1. The van der Waals surface area contributed by atoms with Crippen molar-refractivity contribution in [2.24, 2.45) is 5.41 Å². The van der Waals surface area contributed by atoms with Gasteiger partial charge >= 0.3 is 5.97 Å². The first-order valence-corrected chi connectivity index (χ1v) is 9.81. The lowest BCUT2D eigenvalue weighted by Crippen LogP contribution is -2.45. The van der Waals surface area contributed by atoms with E-state index in [0.29, 0.717) is 0 Å². The van der Waals surface area contributed by atoms with Crippen molar-refractivity contribution in [3.63, 3.8) is 0 Å². The first-order valence-electron chi connectivity index (χ1n) is 9.02. The summed E-state index contributed by atoms with van der Waals surface area (Å²) in [6.07, 6.45) is 0. The van der Waals surface area contributed by atoms with E-state index in [1.807, 2.05) is 74.2 Å². The number of ether oxygens (including phenoxy) is 1. The predicted octanol–water partition coefficient (Wildman–Crippen LogP) is 4.42. The summed E-state index contributed by atoms with van der Waals surface area (Å²) in [6.45, 7) is 5.72. The van der Waals surface area contributed by atoms with E-state index in [4.69, 9.17) is 4.74 Å². The number of fused-ring (bicyclic) bond motifs is 3. The Labute approximate surface area is 167 Å². The molecule has 1 aliphatic carbocycles. The Bertz CT molecular complexity index is 934. The molecule has 0 aromatic heterocycles. The Kier molecular flexibility index (Phi) is 4.00. The summed E-state index contributed by atoms with van der Waals surface area (Å²) in [5, 5.41) is 0. The van der Waals surface area contributed by atoms with E-state index in [0.717, 1.165) is 21.3 Å². The van der Waals surface area contributed by atoms with Crippen molar-refractivity contribution in [1.29, 1.82) is 0 Å². The first-order chi connectivity index (χ1) is 12.8. The van der Waals surface area contributed by atoms with Crippen molar-refractivity contribution < 1.29 is 14.3 Å². The number of carbonyl (C=O) groups is 2. The highest BCUT2D eigenvalue weighted by Gasteiger charge is 2.78. The zero-order chi connectivity index (χ0) is 19.6. The Morgan fingerprint density at radius 1 is 1.07 bits per heavy atom. The van der Waals surface area contributed by atoms with E-state index >= 15 is 0 Å². The fourth-order valence-electron chi connectivity index (χ4n) is 4.50. The number of benzene rings is 2. The normalized spacial score (nSPS) is 25.6. The molecule has 140 valence electrons. The van der Waals surface area contributed by atoms with Gasteiger partial charge in [0.1, 0.15) is 5.41 Å². The van der Waals surface area contributed by atoms with Gasteiger partial charge < -0.3 is 9.64 Å². The Morgan fingerprint density at radius 3 is 2.33 bits per heavy atom. The third-order valence-electron chi connectivity index (χ3n) is 5.68. The maximum Gasteiger partial charge on any atom is 0.319 e. The van der Waals surface area contributed by atoms with Crippen molar-refractivity contribution in [3.05, 3.63) is 64.1 Å². The van der Waals surface area contributed by atoms with E-state index in [-0.39, 0.29) is 23.8 Å². The van der Waals surface area contributed by atoms with Crippen LogP contribution in [0.1, 0.15) is 37.8 Å². The molecule has 1 amide bonds. The smallest absolute Gasteiger partial charge is 0.319 e. The van der Waals surface area contributed by atoms with Gasteiger partial charge in [-0.25, -0.2) is 0 Å². The summed E-state index contributed by atoms with van der Waals surface area (Å²) in [4.78, 5) is 28.3. The van der Waals surface area contributed by atoms with Crippen LogP contribution in [0.15, 0.2) is 53.0 Å². The minimum absolute atomic E-state index is 0.0102. The van der Waals surface area contributed by atoms with Crippen LogP contribution in [0, 0.1) is 5.41 Å². The molecule has 2 aliphatic rings. The van der Waals surface area contributed by atoms with E-state index in [9.17, 15) is 9.59 Å². The number of esters is 1. The third-order valence-corrected chi connectivity index (χ3v) is 6.37. The van der Waals surface area contributed by atoms with Gasteiger partial charge in [-0.05, 0) is 23.3 Å². The van der Waals surface area contributed by atoms with Crippen LogP contribution in [0.2, 0.25) is 0 Å². The molecule has 3 atom stereocenters. The van der Waals surface area contributed by atoms with Crippen LogP contribution in [-0.4, -0.2) is 25.0 Å². The second-order valence-electron chi connectivity index (χ2n) is 8.25. The number of methoxy groups -OCH3 is 1. The van der Waals surface area contributed by atoms with E-state index in [1.54, 1.807) is 0 Å². The van der Waals surface area contributed by atoms with Gasteiger partial charge in [0, 0.05) is 21.5 Å². The molecule has 0 radical (unpaired) electrons. The molecular weight excluding hydrogens is 406 g/mol. The predicted molar refractivity (Wildman–Crippen MR) is 108 cm³/mol. The van der Waals surface area contributed by atoms with Crippen molar-refractivity contribution in [2.45, 2.75) is 38.1 Å². The molecule has 0 saturated heterocycles. The van der Waals surface area contributed by atoms with Gasteiger partial charge in [-0.1, -0.05) is 73.1 Å². The average molecular weight is 428 g/mol. The molecule has 1 saturated carbocycles. The van der Waals surface area contributed by atoms with Gasteiger partial charge in [0.2, 0.25) is 5.91 Å². The molecule has 0 bridgehead atoms. The number of hydrogen-bond acceptors (Lipinski definition) is 3. The van der Waals surface area contributed by atoms with Crippen LogP contribution in [0.3, 0.4) is 0 Å². The molecule has 1 fully saturated rings. The summed E-state index contributed by atoms with van der Waals surface area (Å²) in [5.74, 6) is -0.405. The zero-order valence-electron chi connectivity index (χ0n) is 15.8. The van der Waals surface area contributed by atoms with Gasteiger partial charge in [-0.2, -0.15) is 0 Å². The molecule has 0 N–H and O–H groups in total. The Balaban J connectivity index is 1.96. The molecule has 4 rings (SSSR count). The lowest BCUT2D eigenvalue weighted by atomic mass is 9.87. The number of halogens is 1. The molecule has 0 unspecified atom stereocenters. The third kappa shape index (κ3) is 2.34. The van der Waals surface area contributed by atoms with Gasteiger partial charge in [-0.15, -0.1) is 0 Å². The summed E-state index contributed by atoms with van der Waals surface area (Å²) >= 11 is 3.65. The van der Waals surface area contributed by atoms with Crippen LogP contribution in [0.25, 0.3) is 0 Å². The van der Waals surface area contributed by atoms with Gasteiger partial charge in [0.25, 0.3) is 0 Å². The van der Waals surface area contributed by atoms with Crippen molar-refractivity contribution in [3.8, 4) is 0 Å². The number of hydrogen-bond donors (Lipinski definition) is 0. The SMILES string of the molecule is COC(=O)[C@@]1(c2ccccc2)[C@@H]2c3c(Br)cccc3N(C(=O)C(C)(C)C)[C@@H]21. The highest BCUT2D eigenvalue weighted by molar-refractivity contribution is 9.10. The van der Waals surface area contributed by atoms with E-state index < -0.39 is 10.8 Å². The van der Waals surface area contributed by atoms with Crippen LogP contribution in [-0.2, 0) is 19.7 Å². The number of rotatable bonds is 2. The van der Waals surface area contributed by atoms with Gasteiger partial charge in [-0.3, -0.25) is 9.59 Å². The Morgan fingerprint density at radius 2 is 1.74 bits per heavy atom. The van der Waals surface area contributed by atoms with Crippen molar-refractivity contribution in [2.75, 3.05) is 12.0 Å². The number of amides is 1. The monoisotopic (exact) mass is 427 g/mol. The molecule has 4 nitrogen and oxygen atoms in total. The summed E-state index contributed by atoms with van der Waals surface area (Å²) in [7, 11) is 1.41. The molecule has 1 aliphatic heterocycles. The van der Waals surface area contributed by atoms with Crippen LogP contribution in [0.5, 0.6) is 0 Å². The Hall–Kier alpha value is -2.14. The maximum atomic E-state index is 13.4. The van der Waals surface area contributed by atoms with Crippen LogP contribution < -0.4 is 4.90 Å². The van der Waals surface area contributed by atoms with Crippen LogP contribution >= 0.6 is 15.9 Å². The summed E-state index contributed by atoms with van der Waals surface area (Å²) in [5.41, 5.74) is 1.35. The highest BCUT2D eigenvalue weighted by atomic mass is 79.9. The minimum atomic E-state index is -0.867. The highest BCUT2D eigenvalue weighted by Crippen LogP contribution is 2.71. The molecule has 2 aromatic rings. The summed E-state index contributed by atoms with van der Waals surface area (Å²) in [6, 6.07) is 15.3. The topological polar surface area (TPSA) is 46.6 Å². The molecule has 0 spiro atoms. The van der Waals surface area contributed by atoms with E-state index in [2.05, 4.69) is 15.9 Å². The maximum absolute atomic E-state index is 13.4. The second kappa shape index (κ2) is 5.93. The largest absolute Gasteiger partial charge is 0.468 e. The summed E-state index contributed by atoms with van der Waals surface area (Å²) < 4.78 is 6.16. The fourth-order valence-corrected chi connectivity index (χ4v) is 5.10. The molecular formula is C22H22BrNO3. The van der Waals surface area contributed by atoms with Gasteiger partial charge in [0.05, 0.1) is 13.2 Å². The van der Waals surface area contributed by atoms with Crippen LogP contribution in [0.4, 0.5) is 5.69 Å². The molecule has 27 heavy (non-hydrogen) atoms. The van der Waals surface area contributed by atoms with Gasteiger partial charge in [0.15, 0.2) is 0 Å². The lowest BCUT2D eigenvalue weighted by Gasteiger charge is -2.32. The van der Waals surface area contributed by atoms with Crippen molar-refractivity contribution in [1.82, 2.24) is 0 Å². The van der Waals surface area contributed by atoms with Crippen molar-refractivity contribution >= 4 is 33.5 Å². The number of carbonyl (C=O) groups excluding carboxylic acids is 2. The zero-order valence-corrected chi connectivity index (χ0v) is 17.4. The molecule has 1 heterocycles. The fraction of sp³-hybridized carbons (Fsp3) is 0.364. The standard InChI is InChI=1S/C22H22BrNO3/c1-21(2,3)19(25)24-15-12-8-11-14(23)16(15)17-18(24)22(17,20(26)27-4)13-9-6-5-7-10-13/h5-12,17-18H,1-4H3/t17-,18+,22+/m1/s1. The average Bonchev–Trinajstić information content (AvgIpc) is 3.18. The molecule has 2 aromatic carbocycles. The molecule has 5 heteroatoms. The first kappa shape index (κ1) is 18.2. The minimum Gasteiger partial charge on any atom is -0.468 e. The lowest BCUT2D eigenvalue weighted by molar-refractivity contribution is -0.144.